The number of nitrogens with zero attached hydrogens (tertiary/aromatic N) is 1. The van der Waals surface area contributed by atoms with Gasteiger partial charge in [0.25, 0.3) is 0 Å². The van der Waals surface area contributed by atoms with Crippen LogP contribution in [0.15, 0.2) is 12.1 Å². The topological polar surface area (TPSA) is 81.3 Å². The summed E-state index contributed by atoms with van der Waals surface area (Å²) >= 11 is 0. The Morgan fingerprint density at radius 2 is 2.21 bits per heavy atom. The van der Waals surface area contributed by atoms with E-state index in [-0.39, 0.29) is 16.9 Å². The van der Waals surface area contributed by atoms with Crippen LogP contribution in [0.3, 0.4) is 0 Å². The van der Waals surface area contributed by atoms with Gasteiger partial charge in [0.05, 0.1) is 17.2 Å². The Balaban J connectivity index is 3.41. The van der Waals surface area contributed by atoms with Crippen molar-refractivity contribution in [2.24, 2.45) is 0 Å². The summed E-state index contributed by atoms with van der Waals surface area (Å²) in [5.41, 5.74) is 0.624. The van der Waals surface area contributed by atoms with E-state index in [9.17, 15) is 9.90 Å². The van der Waals surface area contributed by atoms with Gasteiger partial charge in [-0.15, -0.1) is 0 Å². The molecule has 1 rings (SSSR count). The van der Waals surface area contributed by atoms with E-state index < -0.39 is 5.97 Å². The summed E-state index contributed by atoms with van der Waals surface area (Å²) in [5.74, 6) is -1.29. The fraction of sp³-hybridized carbons (Fsp3) is 0.200. The first-order valence-corrected chi connectivity index (χ1v) is 4.09. The maximum absolute atomic E-state index is 10.6. The Kier molecular flexibility index (Phi) is 2.73. The van der Waals surface area contributed by atoms with Gasteiger partial charge in [-0.05, 0) is 18.6 Å². The maximum Gasteiger partial charge on any atom is 0.335 e. The van der Waals surface area contributed by atoms with Gasteiger partial charge in [-0.25, -0.2) is 4.79 Å². The van der Waals surface area contributed by atoms with Gasteiger partial charge >= 0.3 is 5.97 Å². The highest BCUT2D eigenvalue weighted by Crippen LogP contribution is 2.23. The van der Waals surface area contributed by atoms with E-state index in [1.54, 1.807) is 6.92 Å². The second kappa shape index (κ2) is 3.79. The number of carbonyl (C=O) groups is 1. The molecule has 0 atom stereocenters. The van der Waals surface area contributed by atoms with Crippen LogP contribution in [0.4, 0.5) is 0 Å². The van der Waals surface area contributed by atoms with Crippen molar-refractivity contribution in [2.45, 2.75) is 13.3 Å². The predicted molar refractivity (Wildman–Crippen MR) is 49.2 cm³/mol. The minimum Gasteiger partial charge on any atom is -0.508 e. The van der Waals surface area contributed by atoms with Crippen LogP contribution in [0.2, 0.25) is 0 Å². The third-order valence-electron chi connectivity index (χ3n) is 1.95. The molecule has 4 nitrogen and oxygen atoms in total. The minimum atomic E-state index is -1.15. The van der Waals surface area contributed by atoms with Crippen LogP contribution in [0.25, 0.3) is 0 Å². The lowest BCUT2D eigenvalue weighted by Gasteiger charge is -2.05. The normalized spacial score (nSPS) is 9.43. The van der Waals surface area contributed by atoms with Gasteiger partial charge in [-0.2, -0.15) is 5.26 Å². The van der Waals surface area contributed by atoms with E-state index in [1.165, 1.54) is 6.07 Å². The molecular weight excluding hydrogens is 182 g/mol. The van der Waals surface area contributed by atoms with Crippen molar-refractivity contribution in [1.29, 1.82) is 5.26 Å². The number of benzene rings is 1. The van der Waals surface area contributed by atoms with E-state index in [1.807, 2.05) is 6.07 Å². The molecule has 0 aliphatic carbocycles. The summed E-state index contributed by atoms with van der Waals surface area (Å²) in [7, 11) is 0. The molecule has 72 valence electrons. The second-order valence-electron chi connectivity index (χ2n) is 2.79. The summed E-state index contributed by atoms with van der Waals surface area (Å²) in [6.45, 7) is 1.79. The van der Waals surface area contributed by atoms with Crippen LogP contribution < -0.4 is 0 Å². The summed E-state index contributed by atoms with van der Waals surface area (Å²) in [4.78, 5) is 10.6. The quantitative estimate of drug-likeness (QED) is 0.742. The molecule has 0 unspecified atom stereocenters. The first kappa shape index (κ1) is 10.1. The predicted octanol–water partition coefficient (Wildman–Crippen LogP) is 1.52. The lowest BCUT2D eigenvalue weighted by atomic mass is 10.0. The summed E-state index contributed by atoms with van der Waals surface area (Å²) in [5, 5.41) is 26.8. The third-order valence-corrected chi connectivity index (χ3v) is 1.95. The average molecular weight is 191 g/mol. The SMILES string of the molecule is CCc1c(O)cc(C(=O)O)cc1C#N. The van der Waals surface area contributed by atoms with Gasteiger partial charge in [-0.3, -0.25) is 0 Å². The number of aromatic carboxylic acids is 1. The number of carboxylic acids is 1. The number of rotatable bonds is 2. The molecule has 0 aromatic heterocycles. The first-order valence-electron chi connectivity index (χ1n) is 4.09. The van der Waals surface area contributed by atoms with E-state index >= 15 is 0 Å². The van der Waals surface area contributed by atoms with Crippen molar-refractivity contribution in [1.82, 2.24) is 0 Å². The van der Waals surface area contributed by atoms with Crippen molar-refractivity contribution in [2.75, 3.05) is 0 Å². The summed E-state index contributed by atoms with van der Waals surface area (Å²) in [6, 6.07) is 4.28. The highest BCUT2D eigenvalue weighted by Gasteiger charge is 2.11. The van der Waals surface area contributed by atoms with E-state index in [2.05, 4.69) is 0 Å². The fourth-order valence-electron chi connectivity index (χ4n) is 1.25. The zero-order chi connectivity index (χ0) is 10.7. The van der Waals surface area contributed by atoms with Crippen LogP contribution in [0.5, 0.6) is 5.75 Å². The number of hydrogen-bond acceptors (Lipinski definition) is 3. The molecule has 0 amide bonds. The van der Waals surface area contributed by atoms with Crippen molar-refractivity contribution in [3.05, 3.63) is 28.8 Å². The number of aromatic hydroxyl groups is 1. The summed E-state index contributed by atoms with van der Waals surface area (Å²) in [6.07, 6.45) is 0.495. The number of hydrogen-bond donors (Lipinski definition) is 2. The van der Waals surface area contributed by atoms with Gasteiger partial charge in [-0.1, -0.05) is 6.92 Å². The number of carboxylic acid groups (broad SMARTS) is 1. The molecule has 0 aliphatic rings. The van der Waals surface area contributed by atoms with Crippen LogP contribution >= 0.6 is 0 Å². The number of phenolic OH excluding ortho intramolecular Hbond substituents is 1. The molecule has 0 fully saturated rings. The van der Waals surface area contributed by atoms with Crippen LogP contribution in [-0.4, -0.2) is 16.2 Å². The monoisotopic (exact) mass is 191 g/mol. The molecule has 1 aromatic rings. The van der Waals surface area contributed by atoms with Crippen LogP contribution in [-0.2, 0) is 6.42 Å². The molecule has 1 aromatic carbocycles. The molecular formula is C10H9NO3. The standard InChI is InChI=1S/C10H9NO3/c1-2-8-7(5-11)3-6(10(13)14)4-9(8)12/h3-4,12H,2H2,1H3,(H,13,14). The van der Waals surface area contributed by atoms with E-state index in [0.29, 0.717) is 12.0 Å². The summed E-state index contributed by atoms with van der Waals surface area (Å²) < 4.78 is 0. The highest BCUT2D eigenvalue weighted by molar-refractivity contribution is 5.89. The van der Waals surface area contributed by atoms with Gasteiger partial charge in [0, 0.05) is 5.56 Å². The average Bonchev–Trinajstić information content (AvgIpc) is 2.16. The van der Waals surface area contributed by atoms with Crippen LogP contribution in [0, 0.1) is 11.3 Å². The molecule has 4 heteroatoms. The van der Waals surface area contributed by atoms with E-state index in [4.69, 9.17) is 10.4 Å². The van der Waals surface area contributed by atoms with Gasteiger partial charge < -0.3 is 10.2 Å². The van der Waals surface area contributed by atoms with Crippen molar-refractivity contribution >= 4 is 5.97 Å². The zero-order valence-corrected chi connectivity index (χ0v) is 7.61. The Hall–Kier alpha value is -2.02. The van der Waals surface area contributed by atoms with Crippen molar-refractivity contribution in [3.63, 3.8) is 0 Å². The Morgan fingerprint density at radius 1 is 1.57 bits per heavy atom. The van der Waals surface area contributed by atoms with Gasteiger partial charge in [0.1, 0.15) is 5.75 Å². The molecule has 0 aliphatic heterocycles. The minimum absolute atomic E-state index is 0.0729. The fourth-order valence-corrected chi connectivity index (χ4v) is 1.25. The lowest BCUT2D eigenvalue weighted by molar-refractivity contribution is 0.0696. The molecule has 14 heavy (non-hydrogen) atoms. The molecule has 0 saturated heterocycles. The molecule has 0 saturated carbocycles. The molecule has 2 N–H and O–H groups in total. The lowest BCUT2D eigenvalue weighted by Crippen LogP contribution is -1.99. The maximum atomic E-state index is 10.6. The smallest absolute Gasteiger partial charge is 0.335 e. The van der Waals surface area contributed by atoms with Crippen molar-refractivity contribution < 1.29 is 15.0 Å². The van der Waals surface area contributed by atoms with Gasteiger partial charge in [0.2, 0.25) is 0 Å². The Labute approximate surface area is 81.0 Å². The third kappa shape index (κ3) is 1.67. The van der Waals surface area contributed by atoms with Gasteiger partial charge in [0.15, 0.2) is 0 Å². The molecule has 0 spiro atoms. The number of nitriles is 1. The largest absolute Gasteiger partial charge is 0.508 e. The second-order valence-corrected chi connectivity index (χ2v) is 2.79. The molecule has 0 bridgehead atoms. The first-order chi connectivity index (χ1) is 6.60. The number of phenols is 1. The highest BCUT2D eigenvalue weighted by atomic mass is 16.4. The Morgan fingerprint density at radius 3 is 2.64 bits per heavy atom. The van der Waals surface area contributed by atoms with E-state index in [0.717, 1.165) is 6.07 Å². The Bertz CT molecular complexity index is 418. The molecule has 0 radical (unpaired) electrons. The zero-order valence-electron chi connectivity index (χ0n) is 7.61. The molecule has 0 heterocycles. The van der Waals surface area contributed by atoms with Crippen molar-refractivity contribution in [3.8, 4) is 11.8 Å². The van der Waals surface area contributed by atoms with Crippen LogP contribution in [0.1, 0.15) is 28.4 Å².